The average Bonchev–Trinajstić information content (AvgIpc) is 2.95. The van der Waals surface area contributed by atoms with Gasteiger partial charge in [-0.15, -0.1) is 0 Å². The van der Waals surface area contributed by atoms with Gasteiger partial charge in [0.25, 0.3) is 0 Å². The van der Waals surface area contributed by atoms with Crippen molar-refractivity contribution in [3.63, 3.8) is 0 Å². The molecule has 2 rings (SSSR count). The van der Waals surface area contributed by atoms with Gasteiger partial charge in [-0.1, -0.05) is 6.92 Å². The number of aromatic nitrogens is 2. The lowest BCUT2D eigenvalue weighted by Crippen LogP contribution is -2.56. The number of aliphatic hydroxyl groups excluding tert-OH is 1. The van der Waals surface area contributed by atoms with Crippen LogP contribution in [0.15, 0.2) is 12.3 Å². The normalized spacial score (nSPS) is 20.4. The van der Waals surface area contributed by atoms with Gasteiger partial charge in [0, 0.05) is 37.3 Å². The van der Waals surface area contributed by atoms with Crippen LogP contribution in [0.25, 0.3) is 0 Å². The van der Waals surface area contributed by atoms with Crippen molar-refractivity contribution in [2.45, 2.75) is 58.2 Å². The van der Waals surface area contributed by atoms with Gasteiger partial charge in [-0.05, 0) is 33.3 Å². The molecule has 1 saturated heterocycles. The minimum absolute atomic E-state index is 0.260. The van der Waals surface area contributed by atoms with Crippen LogP contribution in [0.1, 0.15) is 45.9 Å². The molecule has 0 saturated carbocycles. The van der Waals surface area contributed by atoms with E-state index in [9.17, 15) is 5.11 Å². The summed E-state index contributed by atoms with van der Waals surface area (Å²) in [4.78, 5) is 2.31. The molecule has 1 N–H and O–H groups in total. The molecule has 1 aliphatic heterocycles. The maximum atomic E-state index is 10.7. The largest absolute Gasteiger partial charge is 0.391 e. The highest BCUT2D eigenvalue weighted by Gasteiger charge is 2.35. The molecule has 0 bridgehead atoms. The summed E-state index contributed by atoms with van der Waals surface area (Å²) in [6.45, 7) is 11.8. The van der Waals surface area contributed by atoms with Crippen LogP contribution in [0.3, 0.4) is 0 Å². The minimum Gasteiger partial charge on any atom is -0.391 e. The van der Waals surface area contributed by atoms with Crippen molar-refractivity contribution in [2.24, 2.45) is 0 Å². The molecule has 0 aliphatic carbocycles. The molecule has 0 aromatic carbocycles. The van der Waals surface area contributed by atoms with Crippen molar-refractivity contribution in [2.75, 3.05) is 26.3 Å². The molecule has 5 heteroatoms. The lowest BCUT2D eigenvalue weighted by atomic mass is 9.91. The Balaban J connectivity index is 1.99. The zero-order valence-corrected chi connectivity index (χ0v) is 13.7. The standard InChI is InChI=1S/C16H29N3O2/c1-5-13(2)19-7-6-14(17-19)12-15(20)16(3,4)18-8-10-21-11-9-18/h6-7,13,15,20H,5,8-12H2,1-4H3. The van der Waals surface area contributed by atoms with Crippen LogP contribution in [0.4, 0.5) is 0 Å². The van der Waals surface area contributed by atoms with E-state index < -0.39 is 6.10 Å². The second-order valence-corrected chi connectivity index (χ2v) is 6.52. The van der Waals surface area contributed by atoms with Gasteiger partial charge in [-0.2, -0.15) is 5.10 Å². The Morgan fingerprint density at radius 3 is 2.67 bits per heavy atom. The second kappa shape index (κ2) is 6.90. The molecular formula is C16H29N3O2. The number of morpholine rings is 1. The number of nitrogens with zero attached hydrogens (tertiary/aromatic N) is 3. The van der Waals surface area contributed by atoms with Crippen LogP contribution < -0.4 is 0 Å². The van der Waals surface area contributed by atoms with Gasteiger partial charge < -0.3 is 9.84 Å². The third kappa shape index (κ3) is 3.84. The van der Waals surface area contributed by atoms with Crippen molar-refractivity contribution in [1.29, 1.82) is 0 Å². The van der Waals surface area contributed by atoms with Gasteiger partial charge in [0.2, 0.25) is 0 Å². The maximum absolute atomic E-state index is 10.7. The van der Waals surface area contributed by atoms with E-state index in [1.165, 1.54) is 0 Å². The fourth-order valence-electron chi connectivity index (χ4n) is 2.72. The number of rotatable bonds is 6. The van der Waals surface area contributed by atoms with Gasteiger partial charge in [0.1, 0.15) is 0 Å². The van der Waals surface area contributed by atoms with E-state index in [1.807, 2.05) is 16.9 Å². The number of ether oxygens (including phenoxy) is 1. The Morgan fingerprint density at radius 1 is 1.38 bits per heavy atom. The van der Waals surface area contributed by atoms with E-state index in [4.69, 9.17) is 4.74 Å². The Kier molecular flexibility index (Phi) is 5.41. The van der Waals surface area contributed by atoms with Gasteiger partial charge in [0.05, 0.1) is 25.0 Å². The van der Waals surface area contributed by atoms with Gasteiger partial charge >= 0.3 is 0 Å². The van der Waals surface area contributed by atoms with E-state index in [2.05, 4.69) is 37.7 Å². The second-order valence-electron chi connectivity index (χ2n) is 6.52. The molecule has 1 aromatic heterocycles. The molecule has 0 amide bonds. The van der Waals surface area contributed by atoms with E-state index in [-0.39, 0.29) is 5.54 Å². The lowest BCUT2D eigenvalue weighted by Gasteiger charge is -2.43. The summed E-state index contributed by atoms with van der Waals surface area (Å²) >= 11 is 0. The van der Waals surface area contributed by atoms with E-state index in [0.29, 0.717) is 12.5 Å². The third-order valence-corrected chi connectivity index (χ3v) is 4.75. The molecule has 1 aliphatic rings. The smallest absolute Gasteiger partial charge is 0.0774 e. The van der Waals surface area contributed by atoms with Crippen molar-refractivity contribution >= 4 is 0 Å². The summed E-state index contributed by atoms with van der Waals surface area (Å²) < 4.78 is 7.39. The summed E-state index contributed by atoms with van der Waals surface area (Å²) in [5.41, 5.74) is 0.702. The van der Waals surface area contributed by atoms with Gasteiger partial charge in [-0.3, -0.25) is 9.58 Å². The zero-order chi connectivity index (χ0) is 15.5. The Hall–Kier alpha value is -0.910. The molecule has 2 atom stereocenters. The molecular weight excluding hydrogens is 266 g/mol. The summed E-state index contributed by atoms with van der Waals surface area (Å²) in [6, 6.07) is 2.42. The third-order valence-electron chi connectivity index (χ3n) is 4.75. The molecule has 5 nitrogen and oxygen atoms in total. The Morgan fingerprint density at radius 2 is 2.05 bits per heavy atom. The molecule has 1 fully saturated rings. The summed E-state index contributed by atoms with van der Waals surface area (Å²) in [5, 5.41) is 15.2. The number of aliphatic hydroxyl groups is 1. The highest BCUT2D eigenvalue weighted by Crippen LogP contribution is 2.23. The first-order valence-corrected chi connectivity index (χ1v) is 8.00. The van der Waals surface area contributed by atoms with Crippen LogP contribution in [0.5, 0.6) is 0 Å². The fourth-order valence-corrected chi connectivity index (χ4v) is 2.72. The lowest BCUT2D eigenvalue weighted by molar-refractivity contribution is -0.0614. The quantitative estimate of drug-likeness (QED) is 0.870. The number of hydrogen-bond acceptors (Lipinski definition) is 4. The monoisotopic (exact) mass is 295 g/mol. The molecule has 21 heavy (non-hydrogen) atoms. The van der Waals surface area contributed by atoms with Gasteiger partial charge in [-0.25, -0.2) is 0 Å². The zero-order valence-electron chi connectivity index (χ0n) is 13.7. The predicted molar refractivity (Wildman–Crippen MR) is 83.4 cm³/mol. The van der Waals surface area contributed by atoms with Crippen molar-refractivity contribution in [1.82, 2.24) is 14.7 Å². The SMILES string of the molecule is CCC(C)n1ccc(CC(O)C(C)(C)N2CCOCC2)n1. The number of hydrogen-bond donors (Lipinski definition) is 1. The highest BCUT2D eigenvalue weighted by atomic mass is 16.5. The van der Waals surface area contributed by atoms with Crippen molar-refractivity contribution in [3.8, 4) is 0 Å². The molecule has 0 spiro atoms. The molecule has 0 radical (unpaired) electrons. The molecule has 120 valence electrons. The fraction of sp³-hybridized carbons (Fsp3) is 0.812. The van der Waals surface area contributed by atoms with Crippen molar-refractivity contribution in [3.05, 3.63) is 18.0 Å². The Labute approximate surface area is 127 Å². The first kappa shape index (κ1) is 16.5. The molecule has 2 unspecified atom stereocenters. The topological polar surface area (TPSA) is 50.5 Å². The molecule has 2 heterocycles. The highest BCUT2D eigenvalue weighted by molar-refractivity contribution is 5.05. The first-order chi connectivity index (χ1) is 9.95. The van der Waals surface area contributed by atoms with E-state index in [0.717, 1.165) is 38.4 Å². The summed E-state index contributed by atoms with van der Waals surface area (Å²) in [7, 11) is 0. The van der Waals surface area contributed by atoms with Crippen LogP contribution >= 0.6 is 0 Å². The van der Waals surface area contributed by atoms with Crippen LogP contribution in [-0.4, -0.2) is 57.7 Å². The predicted octanol–water partition coefficient (Wildman–Crippen LogP) is 1.87. The van der Waals surface area contributed by atoms with E-state index >= 15 is 0 Å². The maximum Gasteiger partial charge on any atom is 0.0774 e. The first-order valence-electron chi connectivity index (χ1n) is 8.00. The van der Waals surface area contributed by atoms with Gasteiger partial charge in [0.15, 0.2) is 0 Å². The Bertz CT molecular complexity index is 438. The molecule has 1 aromatic rings. The van der Waals surface area contributed by atoms with Crippen LogP contribution in [0.2, 0.25) is 0 Å². The average molecular weight is 295 g/mol. The van der Waals surface area contributed by atoms with Crippen LogP contribution in [-0.2, 0) is 11.2 Å². The van der Waals surface area contributed by atoms with Crippen molar-refractivity contribution < 1.29 is 9.84 Å². The minimum atomic E-state index is -0.434. The van der Waals surface area contributed by atoms with E-state index in [1.54, 1.807) is 0 Å². The summed E-state index contributed by atoms with van der Waals surface area (Å²) in [5.74, 6) is 0. The summed E-state index contributed by atoms with van der Waals surface area (Å²) in [6.07, 6.45) is 3.23. The van der Waals surface area contributed by atoms with Crippen LogP contribution in [0, 0.1) is 0 Å².